The maximum Gasteiger partial charge on any atom is 0.323 e. The summed E-state index contributed by atoms with van der Waals surface area (Å²) in [6, 6.07) is 0. The Morgan fingerprint density at radius 2 is 2.29 bits per heavy atom. The molecule has 0 aromatic carbocycles. The van der Waals surface area contributed by atoms with Crippen molar-refractivity contribution in [1.82, 2.24) is 20.2 Å². The number of carbonyl (C=O) groups is 1. The molecular weight excluding hydrogens is 276 g/mol. The number of allylic oxidation sites excluding steroid dienone is 2. The summed E-state index contributed by atoms with van der Waals surface area (Å²) in [4.78, 5) is 22.0. The van der Waals surface area contributed by atoms with Crippen LogP contribution in [0.5, 0.6) is 0 Å². The van der Waals surface area contributed by atoms with E-state index >= 15 is 0 Å². The maximum atomic E-state index is 11.4. The van der Waals surface area contributed by atoms with Gasteiger partial charge in [0.05, 0.1) is 4.92 Å². The van der Waals surface area contributed by atoms with Crippen molar-refractivity contribution < 1.29 is 9.72 Å². The molecule has 1 unspecified atom stereocenters. The van der Waals surface area contributed by atoms with E-state index in [2.05, 4.69) is 10.5 Å². The van der Waals surface area contributed by atoms with Crippen molar-refractivity contribution in [3.05, 3.63) is 46.1 Å². The summed E-state index contributed by atoms with van der Waals surface area (Å²) in [5.41, 5.74) is 7.88. The summed E-state index contributed by atoms with van der Waals surface area (Å²) in [6.07, 6.45) is 7.09. The monoisotopic (exact) mass is 292 g/mol. The number of nitrogens with one attached hydrogen (secondary N) is 1. The van der Waals surface area contributed by atoms with Gasteiger partial charge in [-0.05, 0) is 25.5 Å². The minimum Gasteiger partial charge on any atom is -0.364 e. The molecule has 0 saturated heterocycles. The first kappa shape index (κ1) is 14.6. The Labute approximate surface area is 120 Å². The highest BCUT2D eigenvalue weighted by Gasteiger charge is 2.32. The number of carbonyl (C=O) groups excluding carboxylic acids is 1. The number of hydrogen-bond donors (Lipinski definition) is 2. The van der Waals surface area contributed by atoms with Gasteiger partial charge in [0.25, 0.3) is 5.91 Å². The maximum absolute atomic E-state index is 11.4. The molecule has 0 spiro atoms. The number of hydrazine groups is 1. The lowest BCUT2D eigenvalue weighted by atomic mass is 10.2. The first-order chi connectivity index (χ1) is 9.97. The number of amides is 1. The Morgan fingerprint density at radius 1 is 1.57 bits per heavy atom. The molecule has 3 N–H and O–H groups in total. The summed E-state index contributed by atoms with van der Waals surface area (Å²) >= 11 is 0. The van der Waals surface area contributed by atoms with Crippen LogP contribution in [0.3, 0.4) is 0 Å². The highest BCUT2D eigenvalue weighted by Crippen LogP contribution is 2.27. The van der Waals surface area contributed by atoms with E-state index < -0.39 is 10.8 Å². The molecule has 0 saturated carbocycles. The van der Waals surface area contributed by atoms with Crippen molar-refractivity contribution in [3.8, 4) is 0 Å². The Bertz CT molecular complexity index is 633. The third-order valence-corrected chi connectivity index (χ3v) is 3.17. The normalized spacial score (nSPS) is 14.9. The second kappa shape index (κ2) is 5.65. The van der Waals surface area contributed by atoms with E-state index in [1.165, 1.54) is 4.68 Å². The predicted octanol–water partition coefficient (Wildman–Crippen LogP) is 0.819. The van der Waals surface area contributed by atoms with Crippen LogP contribution in [-0.4, -0.2) is 25.6 Å². The fraction of sp³-hybridized carbons (Fsp3) is 0.333. The molecule has 2 heterocycles. The number of rotatable bonds is 5. The van der Waals surface area contributed by atoms with E-state index in [9.17, 15) is 14.9 Å². The molecule has 0 bridgehead atoms. The van der Waals surface area contributed by atoms with Crippen molar-refractivity contribution in [2.75, 3.05) is 0 Å². The molecule has 9 heteroatoms. The lowest BCUT2D eigenvalue weighted by Crippen LogP contribution is -2.37. The molecule has 112 valence electrons. The van der Waals surface area contributed by atoms with Crippen LogP contribution in [0.15, 0.2) is 24.6 Å². The zero-order valence-corrected chi connectivity index (χ0v) is 11.7. The molecule has 1 aromatic rings. The minimum atomic E-state index is -0.913. The molecule has 2 rings (SSSR count). The fourth-order valence-corrected chi connectivity index (χ4v) is 2.18. The quantitative estimate of drug-likeness (QED) is 0.612. The molecule has 1 aliphatic rings. The van der Waals surface area contributed by atoms with E-state index in [1.54, 1.807) is 31.3 Å². The third kappa shape index (κ3) is 2.57. The summed E-state index contributed by atoms with van der Waals surface area (Å²) in [7, 11) is 0. The van der Waals surface area contributed by atoms with Gasteiger partial charge in [-0.25, -0.2) is 4.68 Å². The number of aromatic nitrogens is 2. The van der Waals surface area contributed by atoms with Gasteiger partial charge in [0.15, 0.2) is 0 Å². The predicted molar refractivity (Wildman–Crippen MR) is 74.7 cm³/mol. The SMILES string of the molecule is CCc1c([N+](=O)[O-])c(C(N)=O)nn1C(C)N1C=CC=CN1. The second-order valence-electron chi connectivity index (χ2n) is 4.43. The van der Waals surface area contributed by atoms with Crippen molar-refractivity contribution >= 4 is 11.6 Å². The van der Waals surface area contributed by atoms with E-state index in [0.717, 1.165) is 0 Å². The molecule has 0 radical (unpaired) electrons. The highest BCUT2D eigenvalue weighted by atomic mass is 16.6. The number of primary amides is 1. The van der Waals surface area contributed by atoms with Gasteiger partial charge in [-0.3, -0.25) is 19.9 Å². The standard InChI is InChI=1S/C12H16N6O3/c1-3-9-11(18(20)21)10(12(13)19)15-17(9)8(2)16-7-5-4-6-14-16/h4-8,14H,3H2,1-2H3,(H2,13,19). The second-order valence-corrected chi connectivity index (χ2v) is 4.43. The van der Waals surface area contributed by atoms with Crippen LogP contribution in [-0.2, 0) is 6.42 Å². The zero-order chi connectivity index (χ0) is 15.6. The Balaban J connectivity index is 2.50. The first-order valence-corrected chi connectivity index (χ1v) is 6.40. The van der Waals surface area contributed by atoms with Crippen LogP contribution >= 0.6 is 0 Å². The highest BCUT2D eigenvalue weighted by molar-refractivity contribution is 5.95. The van der Waals surface area contributed by atoms with Gasteiger partial charge in [-0.1, -0.05) is 6.92 Å². The molecular formula is C12H16N6O3. The van der Waals surface area contributed by atoms with Gasteiger partial charge in [0, 0.05) is 12.4 Å². The lowest BCUT2D eigenvalue weighted by molar-refractivity contribution is -0.385. The molecule has 0 fully saturated rings. The molecule has 1 atom stereocenters. The zero-order valence-electron chi connectivity index (χ0n) is 11.7. The fourth-order valence-electron chi connectivity index (χ4n) is 2.18. The summed E-state index contributed by atoms with van der Waals surface area (Å²) in [5, 5.41) is 17.0. The van der Waals surface area contributed by atoms with Gasteiger partial charge >= 0.3 is 5.69 Å². The third-order valence-electron chi connectivity index (χ3n) is 3.17. The Kier molecular flexibility index (Phi) is 3.92. The molecule has 1 aliphatic heterocycles. The topological polar surface area (TPSA) is 119 Å². The summed E-state index contributed by atoms with van der Waals surface area (Å²) in [5.74, 6) is -0.913. The smallest absolute Gasteiger partial charge is 0.323 e. The van der Waals surface area contributed by atoms with Crippen LogP contribution in [0.25, 0.3) is 0 Å². The van der Waals surface area contributed by atoms with Gasteiger partial charge in [0.2, 0.25) is 5.69 Å². The van der Waals surface area contributed by atoms with Crippen LogP contribution in [0.4, 0.5) is 5.69 Å². The van der Waals surface area contributed by atoms with Crippen LogP contribution in [0.1, 0.15) is 36.2 Å². The summed E-state index contributed by atoms with van der Waals surface area (Å²) in [6.45, 7) is 3.56. The Morgan fingerprint density at radius 3 is 2.76 bits per heavy atom. The van der Waals surface area contributed by atoms with Gasteiger partial charge < -0.3 is 11.2 Å². The van der Waals surface area contributed by atoms with Crippen molar-refractivity contribution in [1.29, 1.82) is 0 Å². The van der Waals surface area contributed by atoms with Crippen molar-refractivity contribution in [3.63, 3.8) is 0 Å². The number of nitrogens with two attached hydrogens (primary N) is 1. The van der Waals surface area contributed by atoms with Gasteiger partial charge in [0.1, 0.15) is 11.9 Å². The lowest BCUT2D eigenvalue weighted by Gasteiger charge is -2.29. The molecule has 9 nitrogen and oxygen atoms in total. The van der Waals surface area contributed by atoms with Gasteiger partial charge in [-0.2, -0.15) is 5.10 Å². The van der Waals surface area contributed by atoms with Crippen LogP contribution in [0, 0.1) is 10.1 Å². The average molecular weight is 292 g/mol. The molecule has 1 amide bonds. The first-order valence-electron chi connectivity index (χ1n) is 6.40. The van der Waals surface area contributed by atoms with E-state index in [1.807, 2.05) is 12.2 Å². The van der Waals surface area contributed by atoms with Crippen LogP contribution < -0.4 is 11.2 Å². The summed E-state index contributed by atoms with van der Waals surface area (Å²) < 4.78 is 1.44. The number of nitrogens with zero attached hydrogens (tertiary/aromatic N) is 4. The van der Waals surface area contributed by atoms with Crippen LogP contribution in [0.2, 0.25) is 0 Å². The van der Waals surface area contributed by atoms with E-state index in [0.29, 0.717) is 12.1 Å². The van der Waals surface area contributed by atoms with Crippen molar-refractivity contribution in [2.45, 2.75) is 26.4 Å². The Hall–Kier alpha value is -2.84. The molecule has 21 heavy (non-hydrogen) atoms. The minimum absolute atomic E-state index is 0.319. The van der Waals surface area contributed by atoms with Gasteiger partial charge in [-0.15, -0.1) is 0 Å². The number of hydrogen-bond acceptors (Lipinski definition) is 6. The van der Waals surface area contributed by atoms with Crippen molar-refractivity contribution in [2.24, 2.45) is 5.73 Å². The van der Waals surface area contributed by atoms with E-state index in [4.69, 9.17) is 5.73 Å². The average Bonchev–Trinajstić information content (AvgIpc) is 2.87. The number of nitro groups is 1. The molecule has 1 aromatic heterocycles. The molecule has 0 aliphatic carbocycles. The van der Waals surface area contributed by atoms with E-state index in [-0.39, 0.29) is 17.5 Å². The largest absolute Gasteiger partial charge is 0.364 e.